The predicted octanol–water partition coefficient (Wildman–Crippen LogP) is 0.946. The van der Waals surface area contributed by atoms with Crippen LogP contribution in [-0.4, -0.2) is 18.5 Å². The molecular formula is C6H4ClF2NO4S. The lowest BCUT2D eigenvalue weighted by Crippen LogP contribution is -2.14. The number of aromatic amines is 1. The van der Waals surface area contributed by atoms with Gasteiger partial charge in [-0.15, -0.1) is 0 Å². The predicted molar refractivity (Wildman–Crippen MR) is 46.7 cm³/mol. The third-order valence-electron chi connectivity index (χ3n) is 1.55. The number of alkyl halides is 2. The van der Waals surface area contributed by atoms with Crippen molar-refractivity contribution in [1.82, 2.24) is 4.98 Å². The maximum absolute atomic E-state index is 12.2. The summed E-state index contributed by atoms with van der Waals surface area (Å²) in [6.07, 6.45) is -2.75. The SMILES string of the molecule is O=c1[nH]cc(S(=O)(=O)Cl)c(O)c1C(F)F. The summed E-state index contributed by atoms with van der Waals surface area (Å²) < 4.78 is 46.0. The number of hydrogen-bond acceptors (Lipinski definition) is 4. The van der Waals surface area contributed by atoms with Gasteiger partial charge in [0.2, 0.25) is 0 Å². The highest BCUT2D eigenvalue weighted by Crippen LogP contribution is 2.31. The first kappa shape index (κ1) is 11.9. The molecule has 0 amide bonds. The van der Waals surface area contributed by atoms with Gasteiger partial charge >= 0.3 is 0 Å². The Hall–Kier alpha value is -1.15. The van der Waals surface area contributed by atoms with E-state index >= 15 is 0 Å². The number of aromatic hydroxyl groups is 1. The van der Waals surface area contributed by atoms with E-state index in [1.54, 1.807) is 4.98 Å². The molecule has 0 saturated heterocycles. The highest BCUT2D eigenvalue weighted by Gasteiger charge is 2.25. The van der Waals surface area contributed by atoms with Crippen LogP contribution in [-0.2, 0) is 9.05 Å². The van der Waals surface area contributed by atoms with E-state index in [0.29, 0.717) is 6.20 Å². The minimum atomic E-state index is -4.39. The van der Waals surface area contributed by atoms with Gasteiger partial charge in [-0.2, -0.15) is 0 Å². The van der Waals surface area contributed by atoms with Crippen molar-refractivity contribution in [2.24, 2.45) is 0 Å². The van der Waals surface area contributed by atoms with E-state index in [4.69, 9.17) is 15.8 Å². The summed E-state index contributed by atoms with van der Waals surface area (Å²) in [7, 11) is 0.451. The monoisotopic (exact) mass is 259 g/mol. The van der Waals surface area contributed by atoms with Crippen molar-refractivity contribution in [3.05, 3.63) is 22.1 Å². The number of nitrogens with one attached hydrogen (secondary N) is 1. The van der Waals surface area contributed by atoms with Crippen LogP contribution in [0.25, 0.3) is 0 Å². The molecule has 2 N–H and O–H groups in total. The highest BCUT2D eigenvalue weighted by molar-refractivity contribution is 8.13. The van der Waals surface area contributed by atoms with Crippen LogP contribution in [0.3, 0.4) is 0 Å². The van der Waals surface area contributed by atoms with Crippen molar-refractivity contribution in [3.8, 4) is 5.75 Å². The van der Waals surface area contributed by atoms with Crippen molar-refractivity contribution >= 4 is 19.7 Å². The summed E-state index contributed by atoms with van der Waals surface area (Å²) in [5.74, 6) is -1.33. The van der Waals surface area contributed by atoms with E-state index in [0.717, 1.165) is 0 Å². The molecule has 84 valence electrons. The Labute approximate surface area is 86.7 Å². The lowest BCUT2D eigenvalue weighted by Gasteiger charge is -2.04. The molecular weight excluding hydrogens is 256 g/mol. The lowest BCUT2D eigenvalue weighted by atomic mass is 10.2. The number of rotatable bonds is 2. The Morgan fingerprint density at radius 1 is 1.47 bits per heavy atom. The molecule has 0 unspecified atom stereocenters. The van der Waals surface area contributed by atoms with Gasteiger partial charge < -0.3 is 10.1 Å². The van der Waals surface area contributed by atoms with E-state index in [2.05, 4.69) is 0 Å². The van der Waals surface area contributed by atoms with Gasteiger partial charge in [0.25, 0.3) is 21.0 Å². The summed E-state index contributed by atoms with van der Waals surface area (Å²) in [6, 6.07) is 0. The molecule has 1 rings (SSSR count). The number of H-pyrrole nitrogens is 1. The number of pyridine rings is 1. The van der Waals surface area contributed by atoms with Gasteiger partial charge in [0, 0.05) is 16.9 Å². The molecule has 0 fully saturated rings. The molecule has 0 radical (unpaired) electrons. The van der Waals surface area contributed by atoms with Crippen LogP contribution in [0.2, 0.25) is 0 Å². The largest absolute Gasteiger partial charge is 0.506 e. The Morgan fingerprint density at radius 3 is 2.40 bits per heavy atom. The topological polar surface area (TPSA) is 87.2 Å². The first-order chi connectivity index (χ1) is 6.75. The smallest absolute Gasteiger partial charge is 0.272 e. The Morgan fingerprint density at radius 2 is 2.00 bits per heavy atom. The van der Waals surface area contributed by atoms with Crippen LogP contribution in [0.4, 0.5) is 8.78 Å². The molecule has 0 saturated carbocycles. The van der Waals surface area contributed by atoms with Gasteiger partial charge in [-0.05, 0) is 0 Å². The molecule has 0 aliphatic heterocycles. The fraction of sp³-hybridized carbons (Fsp3) is 0.167. The molecule has 5 nitrogen and oxygen atoms in total. The standard InChI is InChI=1S/C6H4ClF2NO4S/c7-15(13,14)2-1-10-6(12)3(4(2)11)5(8)9/h1,5H,(H2,10,11,12). The zero-order valence-corrected chi connectivity index (χ0v) is 8.44. The molecule has 0 aliphatic carbocycles. The van der Waals surface area contributed by atoms with Crippen LogP contribution in [0.1, 0.15) is 12.0 Å². The summed E-state index contributed by atoms with van der Waals surface area (Å²) in [5.41, 5.74) is -2.59. The average molecular weight is 260 g/mol. The van der Waals surface area contributed by atoms with Crippen LogP contribution < -0.4 is 5.56 Å². The molecule has 0 aliphatic rings. The van der Waals surface area contributed by atoms with Crippen molar-refractivity contribution in [2.45, 2.75) is 11.3 Å². The third-order valence-corrected chi connectivity index (χ3v) is 2.88. The Kier molecular flexibility index (Phi) is 3.00. The maximum Gasteiger partial charge on any atom is 0.272 e. The van der Waals surface area contributed by atoms with Crippen LogP contribution in [0, 0.1) is 0 Å². The fourth-order valence-corrected chi connectivity index (χ4v) is 1.80. The Balaban J connectivity index is 3.64. The summed E-state index contributed by atoms with van der Waals surface area (Å²) in [5, 5.41) is 9.11. The van der Waals surface area contributed by atoms with E-state index < -0.39 is 37.2 Å². The second kappa shape index (κ2) is 3.78. The van der Waals surface area contributed by atoms with Gasteiger partial charge in [0.1, 0.15) is 10.5 Å². The number of aromatic nitrogens is 1. The van der Waals surface area contributed by atoms with Crippen molar-refractivity contribution in [2.75, 3.05) is 0 Å². The molecule has 0 bridgehead atoms. The van der Waals surface area contributed by atoms with Gasteiger partial charge in [0.15, 0.2) is 5.75 Å². The van der Waals surface area contributed by atoms with Crippen molar-refractivity contribution in [3.63, 3.8) is 0 Å². The highest BCUT2D eigenvalue weighted by atomic mass is 35.7. The first-order valence-electron chi connectivity index (χ1n) is 3.42. The number of halogens is 3. The van der Waals surface area contributed by atoms with Gasteiger partial charge in [-0.3, -0.25) is 4.79 Å². The van der Waals surface area contributed by atoms with Crippen molar-refractivity contribution < 1.29 is 22.3 Å². The number of hydrogen-bond donors (Lipinski definition) is 2. The Bertz CT molecular complexity index is 539. The van der Waals surface area contributed by atoms with Gasteiger partial charge in [-0.1, -0.05) is 0 Å². The zero-order chi connectivity index (χ0) is 11.8. The van der Waals surface area contributed by atoms with E-state index in [1.807, 2.05) is 0 Å². The summed E-state index contributed by atoms with van der Waals surface area (Å²) in [4.78, 5) is 11.6. The van der Waals surface area contributed by atoms with Crippen LogP contribution >= 0.6 is 10.7 Å². The molecule has 0 aromatic carbocycles. The molecule has 1 aromatic rings. The maximum atomic E-state index is 12.2. The second-order valence-corrected chi connectivity index (χ2v) is 5.02. The third kappa shape index (κ3) is 2.26. The molecule has 9 heteroatoms. The van der Waals surface area contributed by atoms with Crippen molar-refractivity contribution in [1.29, 1.82) is 0 Å². The molecule has 0 spiro atoms. The fourth-order valence-electron chi connectivity index (χ4n) is 0.906. The zero-order valence-electron chi connectivity index (χ0n) is 6.87. The molecule has 15 heavy (non-hydrogen) atoms. The second-order valence-electron chi connectivity index (χ2n) is 2.48. The van der Waals surface area contributed by atoms with Crippen LogP contribution in [0.5, 0.6) is 5.75 Å². The van der Waals surface area contributed by atoms with Gasteiger partial charge in [0.05, 0.1) is 0 Å². The lowest BCUT2D eigenvalue weighted by molar-refractivity contribution is 0.145. The van der Waals surface area contributed by atoms with E-state index in [1.165, 1.54) is 0 Å². The summed E-state index contributed by atoms with van der Waals surface area (Å²) >= 11 is 0. The van der Waals surface area contributed by atoms with E-state index in [-0.39, 0.29) is 0 Å². The minimum absolute atomic E-state index is 0.547. The normalized spacial score (nSPS) is 12.0. The molecule has 1 heterocycles. The van der Waals surface area contributed by atoms with Crippen LogP contribution in [0.15, 0.2) is 15.9 Å². The molecule has 0 atom stereocenters. The first-order valence-corrected chi connectivity index (χ1v) is 5.73. The average Bonchev–Trinajstić information content (AvgIpc) is 2.00. The minimum Gasteiger partial charge on any atom is -0.506 e. The molecule has 1 aromatic heterocycles. The van der Waals surface area contributed by atoms with Gasteiger partial charge in [-0.25, -0.2) is 17.2 Å². The van der Waals surface area contributed by atoms with E-state index in [9.17, 15) is 22.0 Å². The summed E-state index contributed by atoms with van der Waals surface area (Å²) in [6.45, 7) is 0. The quantitative estimate of drug-likeness (QED) is 0.774.